The van der Waals surface area contributed by atoms with Crippen LogP contribution in [0.2, 0.25) is 5.02 Å². The van der Waals surface area contributed by atoms with E-state index < -0.39 is 31.6 Å². The lowest BCUT2D eigenvalue weighted by Gasteiger charge is -2.24. The minimum absolute atomic E-state index is 0.0694. The van der Waals surface area contributed by atoms with Crippen molar-refractivity contribution in [2.75, 3.05) is 5.32 Å². The molecule has 5 nitrogen and oxygen atoms in total. The van der Waals surface area contributed by atoms with Gasteiger partial charge in [-0.05, 0) is 54.0 Å². The summed E-state index contributed by atoms with van der Waals surface area (Å²) in [6.45, 7) is 5.71. The Morgan fingerprint density at radius 1 is 1.13 bits per heavy atom. The number of anilines is 1. The van der Waals surface area contributed by atoms with Crippen LogP contribution in [0, 0.1) is 0 Å². The molecule has 0 spiro atoms. The fourth-order valence-electron chi connectivity index (χ4n) is 3.63. The predicted octanol–water partition coefficient (Wildman–Crippen LogP) is 5.38. The largest absolute Gasteiger partial charge is 0.507 e. The summed E-state index contributed by atoms with van der Waals surface area (Å²) >= 11 is 5.97. The van der Waals surface area contributed by atoms with Crippen molar-refractivity contribution in [1.82, 2.24) is 0 Å². The van der Waals surface area contributed by atoms with Crippen LogP contribution in [0.15, 0.2) is 29.2 Å². The van der Waals surface area contributed by atoms with Crippen LogP contribution in [-0.4, -0.2) is 24.9 Å². The van der Waals surface area contributed by atoms with E-state index >= 15 is 0 Å². The maximum Gasteiger partial charge on any atom is 0.501 e. The van der Waals surface area contributed by atoms with Gasteiger partial charge in [-0.25, -0.2) is 8.42 Å². The van der Waals surface area contributed by atoms with Crippen LogP contribution in [0.25, 0.3) is 0 Å². The molecule has 0 aliphatic heterocycles. The summed E-state index contributed by atoms with van der Waals surface area (Å²) < 4.78 is 61.4. The van der Waals surface area contributed by atoms with Gasteiger partial charge >= 0.3 is 5.51 Å². The summed E-state index contributed by atoms with van der Waals surface area (Å²) in [4.78, 5) is 12.0. The summed E-state index contributed by atoms with van der Waals surface area (Å²) in [5.74, 6) is -0.826. The van der Waals surface area contributed by atoms with Crippen molar-refractivity contribution < 1.29 is 31.5 Å². The lowest BCUT2D eigenvalue weighted by Crippen LogP contribution is -2.23. The average molecular weight is 476 g/mol. The molecular weight excluding hydrogens is 455 g/mol. The zero-order valence-corrected chi connectivity index (χ0v) is 18.6. The summed E-state index contributed by atoms with van der Waals surface area (Å²) in [6, 6.07) is 4.25. The Labute approximate surface area is 183 Å². The lowest BCUT2D eigenvalue weighted by atomic mass is 9.82. The maximum atomic E-state index is 13.0. The number of phenolic OH excluding ortho intramolecular Hbond substituents is 1. The molecule has 2 N–H and O–H groups in total. The number of hydrogen-bond acceptors (Lipinski definition) is 4. The molecule has 0 radical (unpaired) electrons. The topological polar surface area (TPSA) is 83.5 Å². The molecule has 2 aromatic rings. The highest BCUT2D eigenvalue weighted by atomic mass is 35.5. The number of fused-ring (bicyclic) bond motifs is 1. The van der Waals surface area contributed by atoms with E-state index in [1.165, 1.54) is 0 Å². The number of alkyl halides is 3. The fourth-order valence-corrected chi connectivity index (χ4v) is 4.71. The third kappa shape index (κ3) is 4.25. The Bertz CT molecular complexity index is 1170. The van der Waals surface area contributed by atoms with Crippen LogP contribution >= 0.6 is 11.6 Å². The molecule has 3 rings (SSSR count). The zero-order chi connectivity index (χ0) is 23.4. The van der Waals surface area contributed by atoms with Gasteiger partial charge in [-0.3, -0.25) is 4.79 Å². The van der Waals surface area contributed by atoms with E-state index in [0.717, 1.165) is 36.1 Å². The second-order valence-corrected chi connectivity index (χ2v) is 10.8. The third-order valence-corrected chi connectivity index (χ3v) is 7.01. The molecule has 1 aliphatic carbocycles. The highest BCUT2D eigenvalue weighted by molar-refractivity contribution is 7.92. The Kier molecular flexibility index (Phi) is 5.82. The lowest BCUT2D eigenvalue weighted by molar-refractivity contribution is -0.0436. The van der Waals surface area contributed by atoms with Crippen molar-refractivity contribution in [3.8, 4) is 5.75 Å². The first-order valence-electron chi connectivity index (χ1n) is 9.45. The summed E-state index contributed by atoms with van der Waals surface area (Å²) in [5, 5.41) is 13.0. The second kappa shape index (κ2) is 7.70. The second-order valence-electron chi connectivity index (χ2n) is 8.43. The first kappa shape index (κ1) is 23.4. The quantitative estimate of drug-likeness (QED) is 0.624. The molecule has 1 aliphatic rings. The van der Waals surface area contributed by atoms with E-state index in [1.54, 1.807) is 0 Å². The number of rotatable bonds is 3. The molecule has 31 heavy (non-hydrogen) atoms. The Balaban J connectivity index is 2.01. The van der Waals surface area contributed by atoms with Crippen molar-refractivity contribution in [2.24, 2.45) is 0 Å². The normalized spacial score (nSPS) is 14.4. The molecular formula is C21H21ClF3NO4S. The molecule has 0 aromatic heterocycles. The van der Waals surface area contributed by atoms with Crippen molar-refractivity contribution >= 4 is 33.0 Å². The molecule has 0 saturated carbocycles. The number of amides is 1. The van der Waals surface area contributed by atoms with Crippen molar-refractivity contribution in [3.05, 3.63) is 51.5 Å². The number of sulfone groups is 1. The van der Waals surface area contributed by atoms with Gasteiger partial charge < -0.3 is 10.4 Å². The van der Waals surface area contributed by atoms with E-state index in [0.29, 0.717) is 18.1 Å². The van der Waals surface area contributed by atoms with Gasteiger partial charge in [0, 0.05) is 5.56 Å². The number of carbonyl (C=O) groups excluding carboxylic acids is 1. The van der Waals surface area contributed by atoms with Crippen molar-refractivity contribution in [3.63, 3.8) is 0 Å². The van der Waals surface area contributed by atoms with E-state index in [9.17, 15) is 31.5 Å². The summed E-state index contributed by atoms with van der Waals surface area (Å²) in [6.07, 6.45) is 2.20. The van der Waals surface area contributed by atoms with Crippen molar-refractivity contribution in [2.45, 2.75) is 55.9 Å². The molecule has 1 amide bonds. The number of aryl methyl sites for hydroxylation is 1. The van der Waals surface area contributed by atoms with Gasteiger partial charge in [-0.15, -0.1) is 0 Å². The van der Waals surface area contributed by atoms with Gasteiger partial charge in [0.2, 0.25) is 0 Å². The minimum atomic E-state index is -5.57. The van der Waals surface area contributed by atoms with Gasteiger partial charge in [-0.2, -0.15) is 13.2 Å². The van der Waals surface area contributed by atoms with Gasteiger partial charge in [0.15, 0.2) is 0 Å². The molecule has 0 atom stereocenters. The van der Waals surface area contributed by atoms with Gasteiger partial charge in [0.05, 0.1) is 21.2 Å². The SMILES string of the molecule is CC(C)(C)c1cc2c(c(C(=O)Nc3ccc(S(=O)(=O)C(F)(F)F)cc3Cl)c1O)CCC2. The number of aromatic hydroxyl groups is 1. The van der Waals surface area contributed by atoms with Gasteiger partial charge in [0.1, 0.15) is 5.75 Å². The van der Waals surface area contributed by atoms with E-state index in [-0.39, 0.29) is 22.0 Å². The minimum Gasteiger partial charge on any atom is -0.507 e. The molecule has 0 heterocycles. The Morgan fingerprint density at radius 2 is 1.77 bits per heavy atom. The number of halogens is 4. The standard InChI is InChI=1S/C21H21ClF3NO4S/c1-20(2,3)14-9-11-5-4-6-13(11)17(18(14)27)19(28)26-16-8-7-12(10-15(16)22)31(29,30)21(23,24)25/h7-10,27H,4-6H2,1-3H3,(H,26,28). The highest BCUT2D eigenvalue weighted by Crippen LogP contribution is 2.41. The molecule has 168 valence electrons. The van der Waals surface area contributed by atoms with E-state index in [1.807, 2.05) is 26.8 Å². The molecule has 10 heteroatoms. The van der Waals surface area contributed by atoms with Gasteiger partial charge in [0.25, 0.3) is 15.7 Å². The van der Waals surface area contributed by atoms with E-state index in [2.05, 4.69) is 5.32 Å². The summed E-state index contributed by atoms with van der Waals surface area (Å²) in [5.41, 5.74) is -3.58. The van der Waals surface area contributed by atoms with Gasteiger partial charge in [-0.1, -0.05) is 38.4 Å². The Hall–Kier alpha value is -2.26. The molecule has 2 aromatic carbocycles. The number of carbonyl (C=O) groups is 1. The Morgan fingerprint density at radius 3 is 2.32 bits per heavy atom. The molecule has 0 bridgehead atoms. The predicted molar refractivity (Wildman–Crippen MR) is 111 cm³/mol. The molecule has 0 saturated heterocycles. The molecule has 0 unspecified atom stereocenters. The van der Waals surface area contributed by atoms with Crippen LogP contribution in [0.5, 0.6) is 5.75 Å². The number of hydrogen-bond donors (Lipinski definition) is 2. The smallest absolute Gasteiger partial charge is 0.501 e. The third-order valence-electron chi connectivity index (χ3n) is 5.21. The van der Waals surface area contributed by atoms with Crippen LogP contribution in [-0.2, 0) is 28.1 Å². The number of benzene rings is 2. The molecule has 0 fully saturated rings. The summed E-state index contributed by atoms with van der Waals surface area (Å²) in [7, 11) is -5.57. The first-order valence-corrected chi connectivity index (χ1v) is 11.3. The van der Waals surface area contributed by atoms with Crippen LogP contribution in [0.4, 0.5) is 18.9 Å². The average Bonchev–Trinajstić information content (AvgIpc) is 3.08. The van der Waals surface area contributed by atoms with Crippen LogP contribution in [0.3, 0.4) is 0 Å². The van der Waals surface area contributed by atoms with E-state index in [4.69, 9.17) is 11.6 Å². The van der Waals surface area contributed by atoms with Crippen LogP contribution < -0.4 is 5.32 Å². The maximum absolute atomic E-state index is 13.0. The monoisotopic (exact) mass is 475 g/mol. The van der Waals surface area contributed by atoms with Crippen LogP contribution in [0.1, 0.15) is 54.2 Å². The number of phenols is 1. The highest BCUT2D eigenvalue weighted by Gasteiger charge is 2.47. The first-order chi connectivity index (χ1) is 14.1. The van der Waals surface area contributed by atoms with Crippen molar-refractivity contribution in [1.29, 1.82) is 0 Å². The number of nitrogens with one attached hydrogen (secondary N) is 1. The zero-order valence-electron chi connectivity index (χ0n) is 17.0. The fraction of sp³-hybridized carbons (Fsp3) is 0.381.